The van der Waals surface area contributed by atoms with Gasteiger partial charge in [0.25, 0.3) is 0 Å². The minimum absolute atomic E-state index is 0.0787. The Labute approximate surface area is 120 Å². The number of hydrogen-bond acceptors (Lipinski definition) is 3. The highest BCUT2D eigenvalue weighted by Gasteiger charge is 2.19. The van der Waals surface area contributed by atoms with Gasteiger partial charge < -0.3 is 10.6 Å². The second-order valence-corrected chi connectivity index (χ2v) is 5.26. The Bertz CT molecular complexity index is 410. The summed E-state index contributed by atoms with van der Waals surface area (Å²) in [5.74, 6) is -1.63. The highest BCUT2D eigenvalue weighted by Crippen LogP contribution is 2.22. The summed E-state index contributed by atoms with van der Waals surface area (Å²) in [4.78, 5) is 4.33. The second-order valence-electron chi connectivity index (χ2n) is 5.26. The Balaban J connectivity index is 2.90. The number of nitrogens with two attached hydrogens (primary N) is 1. The average molecular weight is 285 g/mol. The summed E-state index contributed by atoms with van der Waals surface area (Å²) in [5, 5.41) is 0. The molecule has 0 aromatic heterocycles. The van der Waals surface area contributed by atoms with Crippen molar-refractivity contribution in [3.63, 3.8) is 0 Å². The second kappa shape index (κ2) is 8.29. The largest absolute Gasteiger partial charge is 0.329 e. The number of halogens is 2. The molecule has 0 saturated heterocycles. The van der Waals surface area contributed by atoms with Gasteiger partial charge in [-0.15, -0.1) is 0 Å². The van der Waals surface area contributed by atoms with Crippen molar-refractivity contribution < 1.29 is 8.78 Å². The molecule has 0 radical (unpaired) electrons. The highest BCUT2D eigenvalue weighted by atomic mass is 19.2. The molecule has 0 saturated carbocycles. The molecular weight excluding hydrogens is 260 g/mol. The summed E-state index contributed by atoms with van der Waals surface area (Å²) in [6, 6.07) is 3.97. The molecule has 0 aliphatic heterocycles. The Morgan fingerprint density at radius 1 is 1.10 bits per heavy atom. The number of benzene rings is 1. The molecule has 1 aromatic rings. The minimum atomic E-state index is -0.820. The van der Waals surface area contributed by atoms with Crippen LogP contribution in [0.25, 0.3) is 0 Å². The monoisotopic (exact) mass is 285 g/mol. The number of likely N-dealkylation sites (N-methyl/N-ethyl adjacent to an activating group) is 1. The molecule has 1 aromatic carbocycles. The van der Waals surface area contributed by atoms with Gasteiger partial charge in [-0.2, -0.15) is 0 Å². The van der Waals surface area contributed by atoms with Gasteiger partial charge in [0.15, 0.2) is 11.6 Å². The molecule has 1 atom stereocenters. The molecule has 0 aliphatic carbocycles. The van der Waals surface area contributed by atoms with E-state index < -0.39 is 11.6 Å². The molecule has 0 heterocycles. The van der Waals surface area contributed by atoms with Crippen molar-refractivity contribution in [2.24, 2.45) is 5.73 Å². The summed E-state index contributed by atoms with van der Waals surface area (Å²) in [5.41, 5.74) is 6.59. The minimum Gasteiger partial charge on any atom is -0.329 e. The van der Waals surface area contributed by atoms with Gasteiger partial charge in [-0.25, -0.2) is 8.78 Å². The van der Waals surface area contributed by atoms with E-state index in [-0.39, 0.29) is 6.04 Å². The molecule has 5 heteroatoms. The summed E-state index contributed by atoms with van der Waals surface area (Å²) < 4.78 is 26.4. The quantitative estimate of drug-likeness (QED) is 0.795. The van der Waals surface area contributed by atoms with E-state index in [9.17, 15) is 8.78 Å². The Hall–Kier alpha value is -1.04. The molecule has 1 unspecified atom stereocenters. The first-order valence-electron chi connectivity index (χ1n) is 7.03. The van der Waals surface area contributed by atoms with E-state index in [0.717, 1.165) is 31.6 Å². The third-order valence-electron chi connectivity index (χ3n) is 3.34. The van der Waals surface area contributed by atoms with E-state index in [1.54, 1.807) is 6.07 Å². The first kappa shape index (κ1) is 17.0. The molecular formula is C15H25F2N3. The third kappa shape index (κ3) is 4.81. The Kier molecular flexibility index (Phi) is 7.05. The number of hydrogen-bond donors (Lipinski definition) is 1. The molecule has 0 fully saturated rings. The van der Waals surface area contributed by atoms with E-state index in [2.05, 4.69) is 16.7 Å². The highest BCUT2D eigenvalue weighted by molar-refractivity contribution is 5.21. The van der Waals surface area contributed by atoms with Gasteiger partial charge >= 0.3 is 0 Å². The zero-order valence-electron chi connectivity index (χ0n) is 12.6. The van der Waals surface area contributed by atoms with Crippen molar-refractivity contribution in [3.05, 3.63) is 35.4 Å². The van der Waals surface area contributed by atoms with Crippen LogP contribution in [0.4, 0.5) is 8.78 Å². The van der Waals surface area contributed by atoms with Gasteiger partial charge in [0.05, 0.1) is 0 Å². The van der Waals surface area contributed by atoms with Crippen LogP contribution in [-0.2, 0) is 0 Å². The molecule has 20 heavy (non-hydrogen) atoms. The fourth-order valence-electron chi connectivity index (χ4n) is 2.25. The van der Waals surface area contributed by atoms with Crippen molar-refractivity contribution in [1.82, 2.24) is 9.80 Å². The van der Waals surface area contributed by atoms with Gasteiger partial charge in [-0.1, -0.05) is 13.0 Å². The lowest BCUT2D eigenvalue weighted by atomic mass is 10.0. The zero-order chi connectivity index (χ0) is 15.1. The molecule has 0 aliphatic rings. The van der Waals surface area contributed by atoms with E-state index in [4.69, 9.17) is 5.73 Å². The van der Waals surface area contributed by atoms with Crippen LogP contribution in [0, 0.1) is 11.6 Å². The van der Waals surface area contributed by atoms with Crippen LogP contribution in [0.5, 0.6) is 0 Å². The molecule has 1 rings (SSSR count). The van der Waals surface area contributed by atoms with Gasteiger partial charge in [0.2, 0.25) is 0 Å². The van der Waals surface area contributed by atoms with Gasteiger partial charge in [0.1, 0.15) is 0 Å². The van der Waals surface area contributed by atoms with E-state index in [0.29, 0.717) is 6.54 Å². The van der Waals surface area contributed by atoms with E-state index in [1.165, 1.54) is 12.1 Å². The lowest BCUT2D eigenvalue weighted by molar-refractivity contribution is 0.182. The fourth-order valence-corrected chi connectivity index (χ4v) is 2.25. The normalized spacial score (nSPS) is 13.2. The standard InChI is InChI=1S/C15H25F2N3/c1-4-7-20(9-8-19(2)3)15(11-18)12-5-6-13(16)14(17)10-12/h5-6,10,15H,4,7-9,11,18H2,1-3H3. The maximum Gasteiger partial charge on any atom is 0.159 e. The van der Waals surface area contributed by atoms with Crippen LogP contribution in [0.1, 0.15) is 24.9 Å². The van der Waals surface area contributed by atoms with Crippen LogP contribution in [-0.4, -0.2) is 50.1 Å². The van der Waals surface area contributed by atoms with E-state index in [1.807, 2.05) is 14.1 Å². The van der Waals surface area contributed by atoms with Crippen LogP contribution < -0.4 is 5.73 Å². The first-order valence-corrected chi connectivity index (χ1v) is 7.03. The predicted octanol–water partition coefficient (Wildman–Crippen LogP) is 2.24. The first-order chi connectivity index (χ1) is 9.49. The van der Waals surface area contributed by atoms with Crippen LogP contribution in [0.2, 0.25) is 0 Å². The number of rotatable bonds is 8. The van der Waals surface area contributed by atoms with Crippen LogP contribution >= 0.6 is 0 Å². The lowest BCUT2D eigenvalue weighted by Crippen LogP contribution is -2.38. The van der Waals surface area contributed by atoms with Crippen molar-refractivity contribution in [2.75, 3.05) is 40.3 Å². The average Bonchev–Trinajstić information content (AvgIpc) is 2.40. The fraction of sp³-hybridized carbons (Fsp3) is 0.600. The molecule has 2 N–H and O–H groups in total. The Morgan fingerprint density at radius 2 is 1.80 bits per heavy atom. The summed E-state index contributed by atoms with van der Waals surface area (Å²) >= 11 is 0. The van der Waals surface area contributed by atoms with E-state index >= 15 is 0 Å². The van der Waals surface area contributed by atoms with Crippen molar-refractivity contribution in [3.8, 4) is 0 Å². The van der Waals surface area contributed by atoms with Crippen molar-refractivity contribution >= 4 is 0 Å². The van der Waals surface area contributed by atoms with Crippen molar-refractivity contribution in [2.45, 2.75) is 19.4 Å². The summed E-state index contributed by atoms with van der Waals surface area (Å²) in [6.45, 7) is 5.12. The molecule has 3 nitrogen and oxygen atoms in total. The smallest absolute Gasteiger partial charge is 0.159 e. The predicted molar refractivity (Wildman–Crippen MR) is 78.6 cm³/mol. The lowest BCUT2D eigenvalue weighted by Gasteiger charge is -2.32. The van der Waals surface area contributed by atoms with Crippen LogP contribution in [0.15, 0.2) is 18.2 Å². The molecule has 114 valence electrons. The van der Waals surface area contributed by atoms with Gasteiger partial charge in [-0.3, -0.25) is 4.90 Å². The van der Waals surface area contributed by atoms with Crippen LogP contribution in [0.3, 0.4) is 0 Å². The maximum atomic E-state index is 13.4. The SMILES string of the molecule is CCCN(CCN(C)C)C(CN)c1ccc(F)c(F)c1. The third-order valence-corrected chi connectivity index (χ3v) is 3.34. The molecule has 0 spiro atoms. The molecule has 0 bridgehead atoms. The molecule has 0 amide bonds. The zero-order valence-corrected chi connectivity index (χ0v) is 12.6. The summed E-state index contributed by atoms with van der Waals surface area (Å²) in [6.07, 6.45) is 0.994. The van der Waals surface area contributed by atoms with Crippen molar-refractivity contribution in [1.29, 1.82) is 0 Å². The Morgan fingerprint density at radius 3 is 2.30 bits per heavy atom. The van der Waals surface area contributed by atoms with Gasteiger partial charge in [0, 0.05) is 25.7 Å². The van der Waals surface area contributed by atoms with Gasteiger partial charge in [-0.05, 0) is 44.8 Å². The topological polar surface area (TPSA) is 32.5 Å². The number of nitrogens with zero attached hydrogens (tertiary/aromatic N) is 2. The summed E-state index contributed by atoms with van der Waals surface area (Å²) in [7, 11) is 4.03. The maximum absolute atomic E-state index is 13.4.